The Bertz CT molecular complexity index is 1070. The van der Waals surface area contributed by atoms with Gasteiger partial charge in [0, 0.05) is 38.3 Å². The van der Waals surface area contributed by atoms with Crippen LogP contribution in [0.1, 0.15) is 65.2 Å². The first-order chi connectivity index (χ1) is 18.2. The Balaban J connectivity index is 1.13. The van der Waals surface area contributed by atoms with Gasteiger partial charge in [-0.2, -0.15) is 0 Å². The third kappa shape index (κ3) is 4.27. The standard InChI is InChI=1S/C30H43N3O5/c1-29-9-7-21(33(28(36)37)14-13-32-12-11-31-26(34)17-32)16-20(29)3-4-22-24-6-5-23(19-15-27(35)38-18-19)30(24,2)10-8-25(22)29/h6,15,20-23,25H,3-5,7-14,16-18H2,1-2H3,(H,31,34)(H,36,37)/t20-,21+,22+,23-,25+,29+,30-/m1/s1. The Labute approximate surface area is 225 Å². The highest BCUT2D eigenvalue weighted by Gasteiger charge is 2.58. The number of fused-ring (bicyclic) bond motifs is 5. The lowest BCUT2D eigenvalue weighted by Gasteiger charge is -2.60. The van der Waals surface area contributed by atoms with Gasteiger partial charge in [0.25, 0.3) is 0 Å². The van der Waals surface area contributed by atoms with Crippen LogP contribution in [-0.4, -0.2) is 78.2 Å². The van der Waals surface area contributed by atoms with Gasteiger partial charge in [0.2, 0.25) is 5.91 Å². The molecule has 208 valence electrons. The van der Waals surface area contributed by atoms with E-state index in [0.29, 0.717) is 56.5 Å². The van der Waals surface area contributed by atoms with Crippen LogP contribution in [0.2, 0.25) is 0 Å². The van der Waals surface area contributed by atoms with Gasteiger partial charge in [-0.15, -0.1) is 0 Å². The van der Waals surface area contributed by atoms with Gasteiger partial charge < -0.3 is 20.1 Å². The molecular weight excluding hydrogens is 482 g/mol. The number of piperazine rings is 1. The lowest BCUT2D eigenvalue weighted by molar-refractivity contribution is -0.135. The molecule has 6 aliphatic rings. The average Bonchev–Trinajstić information content (AvgIpc) is 3.46. The van der Waals surface area contributed by atoms with E-state index in [4.69, 9.17) is 4.74 Å². The molecule has 0 spiro atoms. The predicted octanol–water partition coefficient (Wildman–Crippen LogP) is 3.83. The number of nitrogens with zero attached hydrogens (tertiary/aromatic N) is 2. The molecule has 3 saturated carbocycles. The van der Waals surface area contributed by atoms with Crippen molar-refractivity contribution in [3.63, 3.8) is 0 Å². The van der Waals surface area contributed by atoms with Gasteiger partial charge in [-0.25, -0.2) is 9.59 Å². The molecule has 0 aromatic heterocycles. The summed E-state index contributed by atoms with van der Waals surface area (Å²) in [6.07, 6.45) is 12.1. The third-order valence-corrected chi connectivity index (χ3v) is 11.6. The Morgan fingerprint density at radius 2 is 2.05 bits per heavy atom. The number of carboxylic acid groups (broad SMARTS) is 1. The van der Waals surface area contributed by atoms with Crippen LogP contribution in [0, 0.1) is 34.5 Å². The van der Waals surface area contributed by atoms with Gasteiger partial charge in [0.15, 0.2) is 0 Å². The van der Waals surface area contributed by atoms with Gasteiger partial charge in [-0.1, -0.05) is 25.5 Å². The summed E-state index contributed by atoms with van der Waals surface area (Å²) in [5.74, 6) is 2.04. The fourth-order valence-electron chi connectivity index (χ4n) is 9.57. The molecule has 2 aliphatic heterocycles. The monoisotopic (exact) mass is 525 g/mol. The van der Waals surface area contributed by atoms with E-state index in [-0.39, 0.29) is 28.7 Å². The number of carbonyl (C=O) groups excluding carboxylic acids is 2. The number of rotatable bonds is 5. The highest BCUT2D eigenvalue weighted by Crippen LogP contribution is 2.66. The topological polar surface area (TPSA) is 99.2 Å². The molecular formula is C30H43N3O5. The van der Waals surface area contributed by atoms with E-state index in [9.17, 15) is 19.5 Å². The van der Waals surface area contributed by atoms with Crippen molar-refractivity contribution in [3.05, 3.63) is 23.3 Å². The summed E-state index contributed by atoms with van der Waals surface area (Å²) in [5.41, 5.74) is 3.20. The number of cyclic esters (lactones) is 1. The Morgan fingerprint density at radius 1 is 1.21 bits per heavy atom. The maximum Gasteiger partial charge on any atom is 0.407 e. The average molecular weight is 526 g/mol. The number of allylic oxidation sites excluding steroid dienone is 2. The summed E-state index contributed by atoms with van der Waals surface area (Å²) in [5, 5.41) is 12.9. The number of nitrogens with one attached hydrogen (secondary N) is 1. The van der Waals surface area contributed by atoms with Crippen LogP contribution < -0.4 is 5.32 Å². The maximum atomic E-state index is 12.3. The molecule has 2 heterocycles. The summed E-state index contributed by atoms with van der Waals surface area (Å²) < 4.78 is 5.28. The number of carbonyl (C=O) groups is 3. The lowest BCUT2D eigenvalue weighted by Crippen LogP contribution is -2.55. The number of esters is 1. The molecule has 6 rings (SSSR count). The van der Waals surface area contributed by atoms with E-state index >= 15 is 0 Å². The predicted molar refractivity (Wildman–Crippen MR) is 142 cm³/mol. The zero-order valence-corrected chi connectivity index (χ0v) is 22.9. The second kappa shape index (κ2) is 9.68. The summed E-state index contributed by atoms with van der Waals surface area (Å²) in [4.78, 5) is 39.6. The minimum atomic E-state index is -0.826. The van der Waals surface area contributed by atoms with Crippen molar-refractivity contribution < 1.29 is 24.2 Å². The molecule has 7 atom stereocenters. The molecule has 2 amide bonds. The summed E-state index contributed by atoms with van der Waals surface area (Å²) in [7, 11) is 0. The van der Waals surface area contributed by atoms with Gasteiger partial charge in [0.05, 0.1) is 6.54 Å². The molecule has 1 saturated heterocycles. The van der Waals surface area contributed by atoms with Crippen LogP contribution in [0.25, 0.3) is 0 Å². The van der Waals surface area contributed by atoms with Crippen molar-refractivity contribution in [2.45, 2.75) is 71.3 Å². The minimum Gasteiger partial charge on any atom is -0.465 e. The van der Waals surface area contributed by atoms with Crippen LogP contribution in [0.5, 0.6) is 0 Å². The molecule has 8 heteroatoms. The molecule has 38 heavy (non-hydrogen) atoms. The zero-order valence-electron chi connectivity index (χ0n) is 22.9. The van der Waals surface area contributed by atoms with Crippen LogP contribution in [0.4, 0.5) is 4.79 Å². The first kappa shape index (κ1) is 25.9. The van der Waals surface area contributed by atoms with E-state index in [1.54, 1.807) is 16.5 Å². The van der Waals surface area contributed by atoms with E-state index in [2.05, 4.69) is 30.1 Å². The van der Waals surface area contributed by atoms with E-state index in [0.717, 1.165) is 45.1 Å². The number of hydrogen-bond donors (Lipinski definition) is 2. The van der Waals surface area contributed by atoms with E-state index in [1.165, 1.54) is 18.4 Å². The first-order valence-corrected chi connectivity index (χ1v) is 14.8. The van der Waals surface area contributed by atoms with Crippen LogP contribution in [-0.2, 0) is 14.3 Å². The van der Waals surface area contributed by atoms with E-state index in [1.807, 2.05) is 0 Å². The smallest absolute Gasteiger partial charge is 0.407 e. The molecule has 4 fully saturated rings. The van der Waals surface area contributed by atoms with E-state index < -0.39 is 6.09 Å². The van der Waals surface area contributed by atoms with Gasteiger partial charge in [-0.05, 0) is 91.4 Å². The molecule has 4 aliphatic carbocycles. The number of ether oxygens (including phenoxy) is 1. The van der Waals surface area contributed by atoms with Crippen molar-refractivity contribution in [1.82, 2.24) is 15.1 Å². The van der Waals surface area contributed by atoms with Crippen LogP contribution in [0.3, 0.4) is 0 Å². The molecule has 0 bridgehead atoms. The minimum absolute atomic E-state index is 0.0254. The normalized spacial score (nSPS) is 40.7. The number of amides is 2. The SMILES string of the molecule is C[C@]12CC[C@H](N(CCN3CCNC(=O)C3)C(=O)O)C[C@H]1CC[C@H]1C3=CC[C@H](C4=CC(=O)OC4)[C@@]3(C)CC[C@@H]12. The highest BCUT2D eigenvalue weighted by atomic mass is 16.5. The van der Waals surface area contributed by atoms with Gasteiger partial charge in [-0.3, -0.25) is 9.69 Å². The summed E-state index contributed by atoms with van der Waals surface area (Å²) in [6.45, 7) is 8.25. The zero-order chi connectivity index (χ0) is 26.7. The largest absolute Gasteiger partial charge is 0.465 e. The molecule has 0 unspecified atom stereocenters. The highest BCUT2D eigenvalue weighted by molar-refractivity contribution is 5.85. The summed E-state index contributed by atoms with van der Waals surface area (Å²) >= 11 is 0. The molecule has 0 radical (unpaired) electrons. The lowest BCUT2D eigenvalue weighted by atomic mass is 9.45. The molecule has 8 nitrogen and oxygen atoms in total. The molecule has 2 N–H and O–H groups in total. The van der Waals surface area contributed by atoms with Crippen molar-refractivity contribution in [3.8, 4) is 0 Å². The molecule has 0 aromatic rings. The first-order valence-electron chi connectivity index (χ1n) is 14.8. The van der Waals surface area contributed by atoms with Crippen molar-refractivity contribution in [1.29, 1.82) is 0 Å². The Morgan fingerprint density at radius 3 is 2.79 bits per heavy atom. The van der Waals surface area contributed by atoms with Crippen LogP contribution >= 0.6 is 0 Å². The fraction of sp³-hybridized carbons (Fsp3) is 0.767. The second-order valence-corrected chi connectivity index (χ2v) is 13.3. The fourth-order valence-corrected chi connectivity index (χ4v) is 9.57. The van der Waals surface area contributed by atoms with Crippen molar-refractivity contribution in [2.24, 2.45) is 34.5 Å². The van der Waals surface area contributed by atoms with Crippen LogP contribution in [0.15, 0.2) is 23.3 Å². The van der Waals surface area contributed by atoms with Crippen molar-refractivity contribution >= 4 is 18.0 Å². The maximum absolute atomic E-state index is 12.3. The van der Waals surface area contributed by atoms with Crippen molar-refractivity contribution in [2.75, 3.05) is 39.3 Å². The number of hydrogen-bond acceptors (Lipinski definition) is 5. The third-order valence-electron chi connectivity index (χ3n) is 11.6. The summed E-state index contributed by atoms with van der Waals surface area (Å²) in [6, 6.07) is 0.0662. The second-order valence-electron chi connectivity index (χ2n) is 13.3. The molecule has 0 aromatic carbocycles. The Kier molecular flexibility index (Phi) is 6.60. The van der Waals surface area contributed by atoms with Gasteiger partial charge in [0.1, 0.15) is 6.61 Å². The van der Waals surface area contributed by atoms with Gasteiger partial charge >= 0.3 is 12.1 Å². The quantitative estimate of drug-likeness (QED) is 0.418. The Hall–Kier alpha value is -2.35.